The number of thiophene rings is 1. The summed E-state index contributed by atoms with van der Waals surface area (Å²) in [5.74, 6) is -0.170. The van der Waals surface area contributed by atoms with Gasteiger partial charge in [0.15, 0.2) is 0 Å². The van der Waals surface area contributed by atoms with Crippen molar-refractivity contribution in [2.75, 3.05) is 6.54 Å². The number of aromatic nitrogens is 2. The van der Waals surface area contributed by atoms with Gasteiger partial charge in [0, 0.05) is 37.8 Å². The minimum Gasteiger partial charge on any atom is -0.334 e. The summed E-state index contributed by atoms with van der Waals surface area (Å²) in [6.45, 7) is 3.03. The van der Waals surface area contributed by atoms with E-state index >= 15 is 0 Å². The summed E-state index contributed by atoms with van der Waals surface area (Å²) in [4.78, 5) is 38.7. The summed E-state index contributed by atoms with van der Waals surface area (Å²) in [5, 5.41) is 1.97. The van der Waals surface area contributed by atoms with Crippen molar-refractivity contribution in [3.05, 3.63) is 61.1 Å². The first-order valence-electron chi connectivity index (χ1n) is 7.20. The second-order valence-corrected chi connectivity index (χ2v) is 6.14. The van der Waals surface area contributed by atoms with E-state index in [9.17, 15) is 14.4 Å². The Morgan fingerprint density at radius 2 is 2.09 bits per heavy atom. The molecule has 0 fully saturated rings. The van der Waals surface area contributed by atoms with E-state index in [1.165, 1.54) is 30.0 Å². The molecule has 0 bridgehead atoms. The van der Waals surface area contributed by atoms with Gasteiger partial charge in [0.05, 0.1) is 12.1 Å². The van der Waals surface area contributed by atoms with Gasteiger partial charge in [0.25, 0.3) is 5.56 Å². The molecule has 2 aromatic rings. The first-order valence-corrected chi connectivity index (χ1v) is 8.08. The highest BCUT2D eigenvalue weighted by Crippen LogP contribution is 2.12. The number of likely N-dealkylation sites (N-methyl/N-ethyl adjacent to an activating group) is 1. The van der Waals surface area contributed by atoms with Crippen LogP contribution in [0.25, 0.3) is 6.08 Å². The summed E-state index contributed by atoms with van der Waals surface area (Å²) in [6, 6.07) is 3.93. The van der Waals surface area contributed by atoms with Crippen LogP contribution in [0.5, 0.6) is 0 Å². The zero-order chi connectivity index (χ0) is 17.0. The van der Waals surface area contributed by atoms with E-state index in [1.807, 2.05) is 24.4 Å². The molecule has 0 aliphatic carbocycles. The third kappa shape index (κ3) is 3.87. The lowest BCUT2D eigenvalue weighted by Crippen LogP contribution is -2.37. The minimum atomic E-state index is -0.418. The molecule has 122 valence electrons. The van der Waals surface area contributed by atoms with Crippen molar-refractivity contribution in [1.82, 2.24) is 14.0 Å². The Bertz CT molecular complexity index is 831. The van der Waals surface area contributed by atoms with E-state index in [4.69, 9.17) is 0 Å². The zero-order valence-electron chi connectivity index (χ0n) is 13.4. The molecule has 0 unspecified atom stereocenters. The normalized spacial score (nSPS) is 11.1. The van der Waals surface area contributed by atoms with Crippen molar-refractivity contribution in [2.45, 2.75) is 13.5 Å². The lowest BCUT2D eigenvalue weighted by Gasteiger charge is -2.18. The van der Waals surface area contributed by atoms with Crippen LogP contribution in [0.1, 0.15) is 17.4 Å². The van der Waals surface area contributed by atoms with Crippen LogP contribution in [-0.2, 0) is 25.4 Å². The number of hydrogen-bond acceptors (Lipinski definition) is 4. The summed E-state index contributed by atoms with van der Waals surface area (Å²) in [6.07, 6.45) is 4.27. The van der Waals surface area contributed by atoms with E-state index in [0.29, 0.717) is 18.7 Å². The third-order valence-electron chi connectivity index (χ3n) is 3.50. The molecule has 2 aromatic heterocycles. The maximum absolute atomic E-state index is 12.3. The Labute approximate surface area is 137 Å². The zero-order valence-corrected chi connectivity index (χ0v) is 14.2. The van der Waals surface area contributed by atoms with Gasteiger partial charge in [-0.3, -0.25) is 14.2 Å². The molecule has 0 aliphatic heterocycles. The molecule has 2 heterocycles. The fourth-order valence-electron chi connectivity index (χ4n) is 2.15. The number of aryl methyl sites for hydroxylation is 1. The quantitative estimate of drug-likeness (QED) is 0.773. The first kappa shape index (κ1) is 17.0. The van der Waals surface area contributed by atoms with Crippen molar-refractivity contribution in [2.24, 2.45) is 14.1 Å². The molecule has 0 atom stereocenters. The second kappa shape index (κ2) is 7.23. The predicted octanol–water partition coefficient (Wildman–Crippen LogP) is 1.21. The van der Waals surface area contributed by atoms with Crippen LogP contribution in [0.3, 0.4) is 0 Å². The number of amides is 1. The lowest BCUT2D eigenvalue weighted by molar-refractivity contribution is -0.126. The average Bonchev–Trinajstić information content (AvgIpc) is 3.05. The van der Waals surface area contributed by atoms with Gasteiger partial charge in [0.2, 0.25) is 5.91 Å². The molecule has 0 saturated heterocycles. The minimum absolute atomic E-state index is 0.170. The van der Waals surface area contributed by atoms with Gasteiger partial charge in [-0.2, -0.15) is 0 Å². The molecule has 23 heavy (non-hydrogen) atoms. The van der Waals surface area contributed by atoms with Gasteiger partial charge in [-0.05, 0) is 24.4 Å². The molecule has 0 radical (unpaired) electrons. The molecular weight excluding hydrogens is 314 g/mol. The Morgan fingerprint density at radius 1 is 1.35 bits per heavy atom. The molecular formula is C16H19N3O3S. The smallest absolute Gasteiger partial charge is 0.330 e. The SMILES string of the molecule is CCN(Cc1cccs1)C(=O)C=Cc1cn(C)c(=O)n(C)c1=O. The highest BCUT2D eigenvalue weighted by molar-refractivity contribution is 7.09. The van der Waals surface area contributed by atoms with E-state index < -0.39 is 11.2 Å². The van der Waals surface area contributed by atoms with Crippen LogP contribution in [-0.4, -0.2) is 26.5 Å². The van der Waals surface area contributed by atoms with Crippen LogP contribution >= 0.6 is 11.3 Å². The van der Waals surface area contributed by atoms with Crippen LogP contribution < -0.4 is 11.2 Å². The maximum atomic E-state index is 12.3. The van der Waals surface area contributed by atoms with E-state index in [-0.39, 0.29) is 5.91 Å². The molecule has 6 nitrogen and oxygen atoms in total. The van der Waals surface area contributed by atoms with E-state index in [2.05, 4.69) is 0 Å². The van der Waals surface area contributed by atoms with Gasteiger partial charge in [0.1, 0.15) is 0 Å². The van der Waals surface area contributed by atoms with Crippen LogP contribution in [0.2, 0.25) is 0 Å². The molecule has 0 aromatic carbocycles. The van der Waals surface area contributed by atoms with E-state index in [0.717, 1.165) is 9.44 Å². The summed E-state index contributed by atoms with van der Waals surface area (Å²) < 4.78 is 2.34. The maximum Gasteiger partial charge on any atom is 0.330 e. The fraction of sp³-hybridized carbons (Fsp3) is 0.312. The van der Waals surface area contributed by atoms with Crippen LogP contribution in [0.4, 0.5) is 0 Å². The summed E-state index contributed by atoms with van der Waals surface area (Å²) in [5.41, 5.74) is -0.514. The molecule has 0 saturated carbocycles. The summed E-state index contributed by atoms with van der Waals surface area (Å²) in [7, 11) is 2.98. The van der Waals surface area contributed by atoms with Gasteiger partial charge in [-0.15, -0.1) is 11.3 Å². The molecule has 0 N–H and O–H groups in total. The fourth-order valence-corrected chi connectivity index (χ4v) is 2.87. The first-order chi connectivity index (χ1) is 10.9. The van der Waals surface area contributed by atoms with Crippen molar-refractivity contribution >= 4 is 23.3 Å². The van der Waals surface area contributed by atoms with E-state index in [1.54, 1.807) is 23.3 Å². The number of carbonyl (C=O) groups excluding carboxylic acids is 1. The molecule has 0 spiro atoms. The lowest BCUT2D eigenvalue weighted by atomic mass is 10.2. The third-order valence-corrected chi connectivity index (χ3v) is 4.36. The Balaban J connectivity index is 2.20. The van der Waals surface area contributed by atoms with Gasteiger partial charge in [-0.1, -0.05) is 6.07 Å². The Hall–Kier alpha value is -2.41. The Kier molecular flexibility index (Phi) is 5.33. The van der Waals surface area contributed by atoms with Crippen LogP contribution in [0, 0.1) is 0 Å². The monoisotopic (exact) mass is 333 g/mol. The van der Waals surface area contributed by atoms with Crippen molar-refractivity contribution in [3.8, 4) is 0 Å². The predicted molar refractivity (Wildman–Crippen MR) is 91.4 cm³/mol. The largest absolute Gasteiger partial charge is 0.334 e. The average molecular weight is 333 g/mol. The number of nitrogens with zero attached hydrogens (tertiary/aromatic N) is 3. The number of rotatable bonds is 5. The van der Waals surface area contributed by atoms with Gasteiger partial charge < -0.3 is 9.47 Å². The van der Waals surface area contributed by atoms with Gasteiger partial charge >= 0.3 is 5.69 Å². The van der Waals surface area contributed by atoms with Crippen LogP contribution in [0.15, 0.2) is 39.4 Å². The van der Waals surface area contributed by atoms with Crippen molar-refractivity contribution in [3.63, 3.8) is 0 Å². The highest BCUT2D eigenvalue weighted by atomic mass is 32.1. The molecule has 0 aliphatic rings. The number of carbonyl (C=O) groups is 1. The highest BCUT2D eigenvalue weighted by Gasteiger charge is 2.10. The van der Waals surface area contributed by atoms with Crippen molar-refractivity contribution < 1.29 is 4.79 Å². The molecule has 7 heteroatoms. The second-order valence-electron chi connectivity index (χ2n) is 5.11. The molecule has 1 amide bonds. The van der Waals surface area contributed by atoms with Gasteiger partial charge in [-0.25, -0.2) is 4.79 Å². The standard InChI is InChI=1S/C16H19N3O3S/c1-4-19(11-13-6-5-9-23-13)14(20)8-7-12-10-17(2)16(22)18(3)15(12)21/h5-10H,4,11H2,1-3H3. The molecule has 2 rings (SSSR count). The Morgan fingerprint density at radius 3 is 2.70 bits per heavy atom. The topological polar surface area (TPSA) is 64.3 Å². The van der Waals surface area contributed by atoms with Crippen molar-refractivity contribution in [1.29, 1.82) is 0 Å². The summed E-state index contributed by atoms with van der Waals surface area (Å²) >= 11 is 1.60. The number of hydrogen-bond donors (Lipinski definition) is 0.